The monoisotopic (exact) mass is 362 g/mol. The van der Waals surface area contributed by atoms with E-state index in [4.69, 9.17) is 0 Å². The normalized spacial score (nSPS) is 14.6. The third kappa shape index (κ3) is 3.58. The Bertz CT molecular complexity index is 993. The van der Waals surface area contributed by atoms with Crippen LogP contribution in [0.5, 0.6) is 0 Å². The smallest absolute Gasteiger partial charge is 0.254 e. The molecule has 0 spiro atoms. The van der Waals surface area contributed by atoms with E-state index in [-0.39, 0.29) is 19.0 Å². The van der Waals surface area contributed by atoms with Gasteiger partial charge >= 0.3 is 0 Å². The molecule has 3 aromatic carbocycles. The molecule has 1 amide bonds. The van der Waals surface area contributed by atoms with E-state index in [1.165, 1.54) is 16.7 Å². The summed E-state index contributed by atoms with van der Waals surface area (Å²) < 4.78 is 13.0. The minimum atomic E-state index is -0.876. The number of fused-ring (bicyclic) bond motifs is 1. The quantitative estimate of drug-likeness (QED) is 0.688. The van der Waals surface area contributed by atoms with E-state index in [1.807, 2.05) is 18.2 Å². The minimum Gasteiger partial charge on any atom is -0.333 e. The van der Waals surface area contributed by atoms with Crippen molar-refractivity contribution in [2.45, 2.75) is 12.7 Å². The first-order chi connectivity index (χ1) is 13.0. The number of likely N-dealkylation sites (tertiary alicyclic amines) is 1. The van der Waals surface area contributed by atoms with Crippen molar-refractivity contribution in [1.82, 2.24) is 9.80 Å². The molecule has 0 bridgehead atoms. The standard InChI is InChI=1S/C23H23FN2O/c1-25(2)13-20-5-3-4-6-22(20)18-9-7-17-12-19(10-8-16(17)11-18)23(27)26-14-21(24)15-26/h3-12,21H,13-15H2,1-2H3. The molecule has 0 atom stereocenters. The summed E-state index contributed by atoms with van der Waals surface area (Å²) in [5, 5.41) is 2.11. The van der Waals surface area contributed by atoms with E-state index in [2.05, 4.69) is 61.5 Å². The fraction of sp³-hybridized carbons (Fsp3) is 0.261. The molecule has 1 fully saturated rings. The zero-order valence-electron chi connectivity index (χ0n) is 15.7. The first kappa shape index (κ1) is 17.7. The van der Waals surface area contributed by atoms with Gasteiger partial charge in [0, 0.05) is 12.1 Å². The Morgan fingerprint density at radius 1 is 1.04 bits per heavy atom. The van der Waals surface area contributed by atoms with E-state index in [1.54, 1.807) is 4.90 Å². The van der Waals surface area contributed by atoms with Gasteiger partial charge in [-0.25, -0.2) is 4.39 Å². The Kier molecular flexibility index (Phi) is 4.66. The Balaban J connectivity index is 1.66. The number of rotatable bonds is 4. The number of nitrogens with zero attached hydrogens (tertiary/aromatic N) is 2. The van der Waals surface area contributed by atoms with Crippen LogP contribution in [-0.2, 0) is 6.54 Å². The van der Waals surface area contributed by atoms with Crippen LogP contribution in [0.4, 0.5) is 4.39 Å². The predicted molar refractivity (Wildman–Crippen MR) is 108 cm³/mol. The molecule has 1 heterocycles. The average molecular weight is 362 g/mol. The maximum absolute atomic E-state index is 13.0. The summed E-state index contributed by atoms with van der Waals surface area (Å²) in [6, 6.07) is 20.5. The van der Waals surface area contributed by atoms with E-state index < -0.39 is 6.17 Å². The average Bonchev–Trinajstić information content (AvgIpc) is 2.64. The van der Waals surface area contributed by atoms with Gasteiger partial charge in [-0.15, -0.1) is 0 Å². The van der Waals surface area contributed by atoms with Gasteiger partial charge in [-0.2, -0.15) is 0 Å². The number of alkyl halides is 1. The van der Waals surface area contributed by atoms with Crippen LogP contribution in [0.3, 0.4) is 0 Å². The molecule has 4 rings (SSSR count). The van der Waals surface area contributed by atoms with Gasteiger partial charge < -0.3 is 9.80 Å². The minimum absolute atomic E-state index is 0.0915. The number of amides is 1. The molecule has 138 valence electrons. The molecule has 1 saturated heterocycles. The van der Waals surface area contributed by atoms with Crippen LogP contribution < -0.4 is 0 Å². The van der Waals surface area contributed by atoms with Gasteiger partial charge in [0.1, 0.15) is 6.17 Å². The molecule has 1 aliphatic heterocycles. The largest absolute Gasteiger partial charge is 0.333 e. The van der Waals surface area contributed by atoms with Gasteiger partial charge in [0.15, 0.2) is 0 Å². The van der Waals surface area contributed by atoms with E-state index in [9.17, 15) is 9.18 Å². The Labute approximate surface area is 159 Å². The molecular weight excluding hydrogens is 339 g/mol. The van der Waals surface area contributed by atoms with Crippen LogP contribution in [0.15, 0.2) is 60.7 Å². The number of carbonyl (C=O) groups excluding carboxylic acids is 1. The van der Waals surface area contributed by atoms with Crippen LogP contribution in [0, 0.1) is 0 Å². The van der Waals surface area contributed by atoms with Crippen LogP contribution in [0.25, 0.3) is 21.9 Å². The fourth-order valence-corrected chi connectivity index (χ4v) is 3.60. The lowest BCUT2D eigenvalue weighted by Gasteiger charge is -2.34. The summed E-state index contributed by atoms with van der Waals surface area (Å²) in [5.41, 5.74) is 4.30. The van der Waals surface area contributed by atoms with E-state index in [0.29, 0.717) is 5.56 Å². The zero-order chi connectivity index (χ0) is 19.0. The number of halogens is 1. The highest BCUT2D eigenvalue weighted by Crippen LogP contribution is 2.29. The maximum Gasteiger partial charge on any atom is 0.254 e. The van der Waals surface area contributed by atoms with Crippen molar-refractivity contribution in [1.29, 1.82) is 0 Å². The molecule has 0 aromatic heterocycles. The molecule has 27 heavy (non-hydrogen) atoms. The Morgan fingerprint density at radius 2 is 1.74 bits per heavy atom. The van der Waals surface area contributed by atoms with E-state index >= 15 is 0 Å². The topological polar surface area (TPSA) is 23.6 Å². The molecular formula is C23H23FN2O. The second-order valence-corrected chi connectivity index (χ2v) is 7.48. The van der Waals surface area contributed by atoms with Crippen molar-refractivity contribution in [2.75, 3.05) is 27.2 Å². The Hall–Kier alpha value is -2.72. The third-order valence-corrected chi connectivity index (χ3v) is 5.03. The lowest BCUT2D eigenvalue weighted by molar-refractivity contribution is 0.0400. The zero-order valence-corrected chi connectivity index (χ0v) is 15.7. The number of benzene rings is 3. The van der Waals surface area contributed by atoms with Gasteiger partial charge in [-0.3, -0.25) is 4.79 Å². The summed E-state index contributed by atoms with van der Waals surface area (Å²) >= 11 is 0. The molecule has 0 unspecified atom stereocenters. The molecule has 0 saturated carbocycles. The van der Waals surface area contributed by atoms with Gasteiger partial charge in [-0.1, -0.05) is 42.5 Å². The third-order valence-electron chi connectivity index (χ3n) is 5.03. The van der Waals surface area contributed by atoms with Crippen LogP contribution in [0.2, 0.25) is 0 Å². The van der Waals surface area contributed by atoms with Gasteiger partial charge in [0.2, 0.25) is 0 Å². The second-order valence-electron chi connectivity index (χ2n) is 7.48. The van der Waals surface area contributed by atoms with Crippen molar-refractivity contribution in [3.63, 3.8) is 0 Å². The van der Waals surface area contributed by atoms with Crippen molar-refractivity contribution in [2.24, 2.45) is 0 Å². The molecule has 0 radical (unpaired) electrons. The molecule has 0 N–H and O–H groups in total. The highest BCUT2D eigenvalue weighted by Gasteiger charge is 2.30. The molecule has 3 nitrogen and oxygen atoms in total. The SMILES string of the molecule is CN(C)Cc1ccccc1-c1ccc2cc(C(=O)N3CC(F)C3)ccc2c1. The highest BCUT2D eigenvalue weighted by atomic mass is 19.1. The van der Waals surface area contributed by atoms with E-state index in [0.717, 1.165) is 17.3 Å². The van der Waals surface area contributed by atoms with Crippen LogP contribution in [0.1, 0.15) is 15.9 Å². The lowest BCUT2D eigenvalue weighted by Crippen LogP contribution is -2.51. The molecule has 0 aliphatic carbocycles. The maximum atomic E-state index is 13.0. The van der Waals surface area contributed by atoms with Crippen molar-refractivity contribution in [3.05, 3.63) is 71.8 Å². The van der Waals surface area contributed by atoms with Gasteiger partial charge in [0.25, 0.3) is 5.91 Å². The van der Waals surface area contributed by atoms with Crippen molar-refractivity contribution in [3.8, 4) is 11.1 Å². The van der Waals surface area contributed by atoms with Crippen molar-refractivity contribution >= 4 is 16.7 Å². The summed E-state index contributed by atoms with van der Waals surface area (Å²) in [6.07, 6.45) is -0.876. The summed E-state index contributed by atoms with van der Waals surface area (Å²) in [4.78, 5) is 16.1. The lowest BCUT2D eigenvalue weighted by atomic mass is 9.96. The highest BCUT2D eigenvalue weighted by molar-refractivity contribution is 5.99. The molecule has 1 aliphatic rings. The Morgan fingerprint density at radius 3 is 2.48 bits per heavy atom. The van der Waals surface area contributed by atoms with Crippen molar-refractivity contribution < 1.29 is 9.18 Å². The van der Waals surface area contributed by atoms with Crippen LogP contribution in [-0.4, -0.2) is 49.1 Å². The summed E-state index contributed by atoms with van der Waals surface area (Å²) in [6.45, 7) is 1.30. The number of carbonyl (C=O) groups is 1. The molecule has 4 heteroatoms. The number of hydrogen-bond acceptors (Lipinski definition) is 2. The fourth-order valence-electron chi connectivity index (χ4n) is 3.60. The van der Waals surface area contributed by atoms with Gasteiger partial charge in [0.05, 0.1) is 13.1 Å². The van der Waals surface area contributed by atoms with Gasteiger partial charge in [-0.05, 0) is 59.8 Å². The second kappa shape index (κ2) is 7.12. The van der Waals surface area contributed by atoms with Crippen LogP contribution >= 0.6 is 0 Å². The predicted octanol–water partition coefficient (Wildman–Crippen LogP) is 4.36. The number of hydrogen-bond donors (Lipinski definition) is 0. The molecule has 3 aromatic rings. The summed E-state index contributed by atoms with van der Waals surface area (Å²) in [5.74, 6) is -0.0915. The summed E-state index contributed by atoms with van der Waals surface area (Å²) in [7, 11) is 4.14. The first-order valence-corrected chi connectivity index (χ1v) is 9.21. The first-order valence-electron chi connectivity index (χ1n) is 9.21.